The van der Waals surface area contributed by atoms with Crippen molar-refractivity contribution in [2.24, 2.45) is 11.8 Å². The zero-order valence-corrected chi connectivity index (χ0v) is 13.2. The van der Waals surface area contributed by atoms with Crippen LogP contribution < -0.4 is 0 Å². The van der Waals surface area contributed by atoms with Crippen molar-refractivity contribution in [1.82, 2.24) is 0 Å². The number of rotatable bonds is 2. The van der Waals surface area contributed by atoms with E-state index in [2.05, 4.69) is 38.8 Å². The van der Waals surface area contributed by atoms with E-state index in [0.717, 1.165) is 33.3 Å². The van der Waals surface area contributed by atoms with Crippen molar-refractivity contribution in [3.05, 3.63) is 32.7 Å². The predicted octanol–water partition coefficient (Wildman–Crippen LogP) is 5.07. The Hall–Kier alpha value is 0.140. The largest absolute Gasteiger partial charge is 0.388 e. The van der Waals surface area contributed by atoms with E-state index in [1.54, 1.807) is 0 Å². The van der Waals surface area contributed by atoms with Gasteiger partial charge in [-0.3, -0.25) is 0 Å². The lowest BCUT2D eigenvalue weighted by molar-refractivity contribution is 0.0750. The van der Waals surface area contributed by atoms with Crippen molar-refractivity contribution in [2.75, 3.05) is 0 Å². The minimum Gasteiger partial charge on any atom is -0.388 e. The normalized spacial score (nSPS) is 26.8. The second-order valence-corrected chi connectivity index (χ2v) is 6.90. The maximum atomic E-state index is 10.5. The van der Waals surface area contributed by atoms with Crippen LogP contribution in [0.25, 0.3) is 0 Å². The van der Waals surface area contributed by atoms with Crippen LogP contribution in [0.15, 0.2) is 27.1 Å². The average Bonchev–Trinajstić information content (AvgIpc) is 2.29. The molecule has 1 unspecified atom stereocenters. The van der Waals surface area contributed by atoms with Crippen LogP contribution in [0.3, 0.4) is 0 Å². The summed E-state index contributed by atoms with van der Waals surface area (Å²) in [5, 5.41) is 10.5. The summed E-state index contributed by atoms with van der Waals surface area (Å²) in [6.07, 6.45) is 4.45. The molecule has 1 aromatic rings. The Kier molecular flexibility index (Phi) is 4.67. The number of benzene rings is 1. The number of aliphatic hydroxyl groups excluding tert-OH is 1. The minimum atomic E-state index is -0.329. The maximum absolute atomic E-state index is 10.5. The van der Waals surface area contributed by atoms with Crippen molar-refractivity contribution in [3.63, 3.8) is 0 Å². The summed E-state index contributed by atoms with van der Waals surface area (Å²) < 4.78 is 2.04. The predicted molar refractivity (Wildman–Crippen MR) is 77.9 cm³/mol. The molecule has 17 heavy (non-hydrogen) atoms. The van der Waals surface area contributed by atoms with E-state index >= 15 is 0 Å². The summed E-state index contributed by atoms with van der Waals surface area (Å²) in [5.41, 5.74) is 1.02. The molecule has 0 heterocycles. The van der Waals surface area contributed by atoms with Gasteiger partial charge in [0, 0.05) is 8.95 Å². The van der Waals surface area contributed by atoms with Crippen molar-refractivity contribution in [3.8, 4) is 0 Å². The van der Waals surface area contributed by atoms with Crippen LogP contribution in [0.4, 0.5) is 0 Å². The van der Waals surface area contributed by atoms with Crippen LogP contribution in [-0.4, -0.2) is 5.11 Å². The van der Waals surface area contributed by atoms with Gasteiger partial charge in [0.15, 0.2) is 0 Å². The summed E-state index contributed by atoms with van der Waals surface area (Å²) in [6, 6.07) is 6.01. The minimum absolute atomic E-state index is 0.329. The van der Waals surface area contributed by atoms with Crippen LogP contribution in [0.2, 0.25) is 0 Å². The fourth-order valence-corrected chi connectivity index (χ4v) is 3.88. The molecular weight excluding hydrogens is 344 g/mol. The summed E-state index contributed by atoms with van der Waals surface area (Å²) >= 11 is 6.97. The molecule has 0 saturated heterocycles. The summed E-state index contributed by atoms with van der Waals surface area (Å²) in [7, 11) is 0. The summed E-state index contributed by atoms with van der Waals surface area (Å²) in [6.45, 7) is 2.30. The zero-order valence-electron chi connectivity index (χ0n) is 10.00. The summed E-state index contributed by atoms with van der Waals surface area (Å²) in [5.74, 6) is 1.25. The molecule has 1 aliphatic rings. The highest BCUT2D eigenvalue weighted by Gasteiger charge is 2.26. The van der Waals surface area contributed by atoms with Crippen LogP contribution in [0, 0.1) is 11.8 Å². The van der Waals surface area contributed by atoms with Gasteiger partial charge in [-0.05, 0) is 42.4 Å². The van der Waals surface area contributed by atoms with E-state index < -0.39 is 0 Å². The SMILES string of the molecule is CC1CCC(C(O)c2ccc(Br)cc2Br)CC1. The van der Waals surface area contributed by atoms with Gasteiger partial charge in [0.05, 0.1) is 6.10 Å². The Morgan fingerprint density at radius 2 is 1.82 bits per heavy atom. The van der Waals surface area contributed by atoms with E-state index in [-0.39, 0.29) is 6.10 Å². The fourth-order valence-electron chi connectivity index (χ4n) is 2.60. The first kappa shape index (κ1) is 13.6. The molecule has 0 bridgehead atoms. The lowest BCUT2D eigenvalue weighted by Gasteiger charge is -2.30. The molecular formula is C14H18Br2O. The standard InChI is InChI=1S/C14H18Br2O/c1-9-2-4-10(5-3-9)14(17)12-7-6-11(15)8-13(12)16/h6-10,14,17H,2-5H2,1H3. The number of hydrogen-bond acceptors (Lipinski definition) is 1. The van der Waals surface area contributed by atoms with Gasteiger partial charge in [-0.2, -0.15) is 0 Å². The first-order chi connectivity index (χ1) is 8.08. The van der Waals surface area contributed by atoms with E-state index in [1.807, 2.05) is 18.2 Å². The van der Waals surface area contributed by atoms with Crippen molar-refractivity contribution in [2.45, 2.75) is 38.7 Å². The highest BCUT2D eigenvalue weighted by molar-refractivity contribution is 9.11. The molecule has 0 amide bonds. The Labute approximate surface area is 120 Å². The van der Waals surface area contributed by atoms with E-state index in [4.69, 9.17) is 0 Å². The van der Waals surface area contributed by atoms with Crippen LogP contribution in [-0.2, 0) is 0 Å². The molecule has 1 N–H and O–H groups in total. The van der Waals surface area contributed by atoms with Crippen molar-refractivity contribution >= 4 is 31.9 Å². The Morgan fingerprint density at radius 3 is 2.41 bits per heavy atom. The molecule has 0 aliphatic heterocycles. The number of aliphatic hydroxyl groups is 1. The molecule has 1 aliphatic carbocycles. The Balaban J connectivity index is 2.11. The third-order valence-electron chi connectivity index (χ3n) is 3.79. The van der Waals surface area contributed by atoms with Gasteiger partial charge < -0.3 is 5.11 Å². The van der Waals surface area contributed by atoms with E-state index in [0.29, 0.717) is 5.92 Å². The molecule has 94 valence electrons. The van der Waals surface area contributed by atoms with Crippen LogP contribution in [0.5, 0.6) is 0 Å². The van der Waals surface area contributed by atoms with Crippen LogP contribution in [0.1, 0.15) is 44.3 Å². The molecule has 0 radical (unpaired) electrons. The molecule has 1 atom stereocenters. The molecule has 0 aromatic heterocycles. The molecule has 1 fully saturated rings. The van der Waals surface area contributed by atoms with Crippen molar-refractivity contribution in [1.29, 1.82) is 0 Å². The fraction of sp³-hybridized carbons (Fsp3) is 0.571. The lowest BCUT2D eigenvalue weighted by Crippen LogP contribution is -2.19. The highest BCUT2D eigenvalue weighted by atomic mass is 79.9. The van der Waals surface area contributed by atoms with Crippen molar-refractivity contribution < 1.29 is 5.11 Å². The summed E-state index contributed by atoms with van der Waals surface area (Å²) in [4.78, 5) is 0. The molecule has 2 rings (SSSR count). The lowest BCUT2D eigenvalue weighted by atomic mass is 9.78. The van der Waals surface area contributed by atoms with Gasteiger partial charge in [0.2, 0.25) is 0 Å². The third kappa shape index (κ3) is 3.33. The molecule has 1 nitrogen and oxygen atoms in total. The zero-order chi connectivity index (χ0) is 12.4. The quantitative estimate of drug-likeness (QED) is 0.779. The number of hydrogen-bond donors (Lipinski definition) is 1. The third-order valence-corrected chi connectivity index (χ3v) is 4.97. The van der Waals surface area contributed by atoms with Gasteiger partial charge in [0.1, 0.15) is 0 Å². The first-order valence-corrected chi connectivity index (χ1v) is 7.79. The molecule has 3 heteroatoms. The topological polar surface area (TPSA) is 20.2 Å². The average molecular weight is 362 g/mol. The molecule has 1 aromatic carbocycles. The van der Waals surface area contributed by atoms with Gasteiger partial charge in [-0.15, -0.1) is 0 Å². The highest BCUT2D eigenvalue weighted by Crippen LogP contribution is 2.39. The Bertz CT molecular complexity index is 384. The smallest absolute Gasteiger partial charge is 0.0829 e. The van der Waals surface area contributed by atoms with Gasteiger partial charge in [-0.25, -0.2) is 0 Å². The maximum Gasteiger partial charge on any atom is 0.0829 e. The second kappa shape index (κ2) is 5.85. The van der Waals surface area contributed by atoms with E-state index in [1.165, 1.54) is 12.8 Å². The van der Waals surface area contributed by atoms with Gasteiger partial charge >= 0.3 is 0 Å². The monoisotopic (exact) mass is 360 g/mol. The number of halogens is 2. The Morgan fingerprint density at radius 1 is 1.18 bits per heavy atom. The second-order valence-electron chi connectivity index (χ2n) is 5.13. The first-order valence-electron chi connectivity index (χ1n) is 6.21. The van der Waals surface area contributed by atoms with Gasteiger partial charge in [0.25, 0.3) is 0 Å². The molecule has 0 spiro atoms. The van der Waals surface area contributed by atoms with Gasteiger partial charge in [-0.1, -0.05) is 57.7 Å². The molecule has 1 saturated carbocycles. The van der Waals surface area contributed by atoms with Crippen LogP contribution >= 0.6 is 31.9 Å². The van der Waals surface area contributed by atoms with E-state index in [9.17, 15) is 5.11 Å².